The Balaban J connectivity index is 2.35. The Morgan fingerprint density at radius 3 is 2.58 bits per heavy atom. The zero-order valence-electron chi connectivity index (χ0n) is 9.87. The van der Waals surface area contributed by atoms with Crippen molar-refractivity contribution in [3.8, 4) is 5.75 Å². The average Bonchev–Trinajstić information content (AvgIpc) is 2.41. The molecule has 1 heterocycles. The fraction of sp³-hybridized carbons (Fsp3) is 0.0909. The number of hydrogen-bond donors (Lipinski definition) is 1. The summed E-state index contributed by atoms with van der Waals surface area (Å²) in [6.45, 7) is 0. The van der Waals surface area contributed by atoms with Gasteiger partial charge < -0.3 is 4.74 Å². The third kappa shape index (κ3) is 3.21. The van der Waals surface area contributed by atoms with Crippen molar-refractivity contribution < 1.29 is 13.2 Å². The molecule has 0 bridgehead atoms. The van der Waals surface area contributed by atoms with E-state index in [-0.39, 0.29) is 16.5 Å². The summed E-state index contributed by atoms with van der Waals surface area (Å²) in [6.07, 6.45) is 2.72. The summed E-state index contributed by atoms with van der Waals surface area (Å²) in [4.78, 5) is 7.84. The Labute approximate surface area is 119 Å². The Kier molecular flexibility index (Phi) is 4.01. The summed E-state index contributed by atoms with van der Waals surface area (Å²) in [6, 6.07) is 6.33. The summed E-state index contributed by atoms with van der Waals surface area (Å²) >= 11 is 3.12. The fourth-order valence-corrected chi connectivity index (χ4v) is 2.77. The van der Waals surface area contributed by atoms with Gasteiger partial charge in [-0.15, -0.1) is 0 Å². The molecule has 100 valence electrons. The number of sulfonamides is 1. The normalized spacial score (nSPS) is 11.1. The van der Waals surface area contributed by atoms with Crippen LogP contribution in [0.2, 0.25) is 0 Å². The number of halogens is 1. The molecule has 0 aliphatic heterocycles. The van der Waals surface area contributed by atoms with Crippen molar-refractivity contribution in [3.05, 3.63) is 41.3 Å². The van der Waals surface area contributed by atoms with E-state index in [0.29, 0.717) is 4.60 Å². The molecule has 1 N–H and O–H groups in total. The molecular weight excluding hydrogens is 334 g/mol. The summed E-state index contributed by atoms with van der Waals surface area (Å²) in [5.74, 6) is 0.397. The largest absolute Gasteiger partial charge is 0.495 e. The SMILES string of the molecule is COc1ccccc1S(=O)(=O)Nc1cnc(Br)cn1. The van der Waals surface area contributed by atoms with Crippen molar-refractivity contribution in [1.29, 1.82) is 0 Å². The van der Waals surface area contributed by atoms with Crippen molar-refractivity contribution in [2.75, 3.05) is 11.8 Å². The number of hydrogen-bond acceptors (Lipinski definition) is 5. The lowest BCUT2D eigenvalue weighted by atomic mass is 10.3. The molecule has 8 heteroatoms. The zero-order chi connectivity index (χ0) is 13.9. The van der Waals surface area contributed by atoms with E-state index in [4.69, 9.17) is 4.74 Å². The van der Waals surface area contributed by atoms with Gasteiger partial charge in [0.05, 0.1) is 19.5 Å². The number of nitrogens with one attached hydrogen (secondary N) is 1. The Morgan fingerprint density at radius 2 is 1.95 bits per heavy atom. The van der Waals surface area contributed by atoms with Crippen LogP contribution in [-0.2, 0) is 10.0 Å². The topological polar surface area (TPSA) is 81.2 Å². The minimum Gasteiger partial charge on any atom is -0.495 e. The predicted molar refractivity (Wildman–Crippen MR) is 73.5 cm³/mol. The Hall–Kier alpha value is -1.67. The van der Waals surface area contributed by atoms with Crippen LogP contribution in [0.1, 0.15) is 0 Å². The lowest BCUT2D eigenvalue weighted by molar-refractivity contribution is 0.403. The Bertz CT molecular complexity index is 674. The van der Waals surface area contributed by atoms with Gasteiger partial charge >= 0.3 is 0 Å². The van der Waals surface area contributed by atoms with Gasteiger partial charge in [0.1, 0.15) is 15.2 Å². The van der Waals surface area contributed by atoms with Crippen LogP contribution in [0.5, 0.6) is 5.75 Å². The molecule has 0 saturated carbocycles. The van der Waals surface area contributed by atoms with E-state index < -0.39 is 10.0 Å². The number of rotatable bonds is 4. The quantitative estimate of drug-likeness (QED) is 0.918. The maximum atomic E-state index is 12.2. The highest BCUT2D eigenvalue weighted by atomic mass is 79.9. The third-order valence-corrected chi connectivity index (χ3v) is 4.02. The van der Waals surface area contributed by atoms with E-state index >= 15 is 0 Å². The first-order chi connectivity index (χ1) is 9.03. The monoisotopic (exact) mass is 343 g/mol. The van der Waals surface area contributed by atoms with Gasteiger partial charge in [-0.05, 0) is 28.1 Å². The second-order valence-corrected chi connectivity index (χ2v) is 5.94. The van der Waals surface area contributed by atoms with Gasteiger partial charge in [0.25, 0.3) is 10.0 Å². The molecule has 0 radical (unpaired) electrons. The molecule has 0 fully saturated rings. The highest BCUT2D eigenvalue weighted by Crippen LogP contribution is 2.24. The van der Waals surface area contributed by atoms with Gasteiger partial charge in [-0.2, -0.15) is 0 Å². The number of anilines is 1. The van der Waals surface area contributed by atoms with Crippen LogP contribution in [0.4, 0.5) is 5.82 Å². The van der Waals surface area contributed by atoms with Crippen molar-refractivity contribution in [2.24, 2.45) is 0 Å². The molecule has 0 aliphatic rings. The van der Waals surface area contributed by atoms with Crippen LogP contribution in [0.25, 0.3) is 0 Å². The third-order valence-electron chi connectivity index (χ3n) is 2.22. The lowest BCUT2D eigenvalue weighted by Gasteiger charge is -2.10. The molecule has 0 saturated heterocycles. The first-order valence-electron chi connectivity index (χ1n) is 5.16. The van der Waals surface area contributed by atoms with Crippen molar-refractivity contribution in [2.45, 2.75) is 4.90 Å². The van der Waals surface area contributed by atoms with Gasteiger partial charge in [0.2, 0.25) is 0 Å². The van der Waals surface area contributed by atoms with Crippen LogP contribution in [0.15, 0.2) is 46.2 Å². The van der Waals surface area contributed by atoms with E-state index in [1.54, 1.807) is 18.2 Å². The van der Waals surface area contributed by atoms with E-state index in [1.165, 1.54) is 25.6 Å². The smallest absolute Gasteiger partial charge is 0.266 e. The van der Waals surface area contributed by atoms with Gasteiger partial charge in [0, 0.05) is 0 Å². The van der Waals surface area contributed by atoms with E-state index in [0.717, 1.165) is 0 Å². The second kappa shape index (κ2) is 5.54. The van der Waals surface area contributed by atoms with Gasteiger partial charge in [0.15, 0.2) is 5.82 Å². The molecule has 0 atom stereocenters. The van der Waals surface area contributed by atoms with Gasteiger partial charge in [-0.3, -0.25) is 4.72 Å². The first-order valence-corrected chi connectivity index (χ1v) is 7.44. The second-order valence-electron chi connectivity index (χ2n) is 3.48. The molecule has 0 unspecified atom stereocenters. The summed E-state index contributed by atoms with van der Waals surface area (Å²) in [5, 5.41) is 0. The zero-order valence-corrected chi connectivity index (χ0v) is 12.3. The van der Waals surface area contributed by atoms with Crippen LogP contribution in [0, 0.1) is 0 Å². The Morgan fingerprint density at radius 1 is 1.21 bits per heavy atom. The van der Waals surface area contributed by atoms with Crippen molar-refractivity contribution in [1.82, 2.24) is 9.97 Å². The molecule has 1 aromatic carbocycles. The van der Waals surface area contributed by atoms with Crippen LogP contribution in [0.3, 0.4) is 0 Å². The number of methoxy groups -OCH3 is 1. The standard InChI is InChI=1S/C11H10BrN3O3S/c1-18-8-4-2-3-5-9(8)19(16,17)15-11-7-13-10(12)6-14-11/h2-7H,1H3,(H,14,15). The summed E-state index contributed by atoms with van der Waals surface area (Å²) in [5.41, 5.74) is 0. The van der Waals surface area contributed by atoms with Crippen LogP contribution < -0.4 is 9.46 Å². The van der Waals surface area contributed by atoms with Crippen LogP contribution in [-0.4, -0.2) is 25.5 Å². The first kappa shape index (κ1) is 13.8. The number of nitrogens with zero attached hydrogens (tertiary/aromatic N) is 2. The molecule has 6 nitrogen and oxygen atoms in total. The molecule has 19 heavy (non-hydrogen) atoms. The molecule has 0 spiro atoms. The van der Waals surface area contributed by atoms with E-state index in [1.807, 2.05) is 0 Å². The van der Waals surface area contributed by atoms with E-state index in [9.17, 15) is 8.42 Å². The van der Waals surface area contributed by atoms with Crippen LogP contribution >= 0.6 is 15.9 Å². The number of aromatic nitrogens is 2. The van der Waals surface area contributed by atoms with Gasteiger partial charge in [-0.1, -0.05) is 12.1 Å². The number of benzene rings is 1. The highest BCUT2D eigenvalue weighted by molar-refractivity contribution is 9.10. The minimum absolute atomic E-state index is 0.0437. The van der Waals surface area contributed by atoms with Crippen molar-refractivity contribution >= 4 is 31.8 Å². The fourth-order valence-electron chi connectivity index (χ4n) is 1.40. The molecule has 1 aromatic heterocycles. The number of ether oxygens (including phenoxy) is 1. The maximum Gasteiger partial charge on any atom is 0.266 e. The van der Waals surface area contributed by atoms with E-state index in [2.05, 4.69) is 30.6 Å². The van der Waals surface area contributed by atoms with Crippen molar-refractivity contribution in [3.63, 3.8) is 0 Å². The lowest BCUT2D eigenvalue weighted by Crippen LogP contribution is -2.15. The number of para-hydroxylation sites is 1. The summed E-state index contributed by atoms with van der Waals surface area (Å²) in [7, 11) is -2.35. The maximum absolute atomic E-state index is 12.2. The molecular formula is C11H10BrN3O3S. The predicted octanol–water partition coefficient (Wildman–Crippen LogP) is 2.05. The highest BCUT2D eigenvalue weighted by Gasteiger charge is 2.19. The molecule has 0 aliphatic carbocycles. The molecule has 2 rings (SSSR count). The minimum atomic E-state index is -3.76. The molecule has 2 aromatic rings. The van der Waals surface area contributed by atoms with Gasteiger partial charge in [-0.25, -0.2) is 18.4 Å². The molecule has 0 amide bonds. The summed E-state index contributed by atoms with van der Waals surface area (Å²) < 4.78 is 32.3. The average molecular weight is 344 g/mol.